The summed E-state index contributed by atoms with van der Waals surface area (Å²) in [5, 5.41) is 15.5. The predicted octanol–water partition coefficient (Wildman–Crippen LogP) is 2.30. The number of aliphatic hydroxyl groups excluding tert-OH is 1. The van der Waals surface area contributed by atoms with Crippen LogP contribution < -0.4 is 10.6 Å². The highest BCUT2D eigenvalue weighted by atomic mass is 16.3. The molecule has 1 aromatic carbocycles. The van der Waals surface area contributed by atoms with E-state index in [9.17, 15) is 9.90 Å². The Labute approximate surface area is 133 Å². The molecule has 4 heteroatoms. The minimum Gasteiger partial charge on any atom is -0.396 e. The average molecular weight is 304 g/mol. The third-order valence-corrected chi connectivity index (χ3v) is 4.12. The second-order valence-electron chi connectivity index (χ2n) is 5.49. The first kappa shape index (κ1) is 18.4. The summed E-state index contributed by atoms with van der Waals surface area (Å²) in [4.78, 5) is 11.5. The summed E-state index contributed by atoms with van der Waals surface area (Å²) in [7, 11) is 1.89. The Balaban J connectivity index is 3.19. The van der Waals surface area contributed by atoms with E-state index >= 15 is 0 Å². The summed E-state index contributed by atoms with van der Waals surface area (Å²) in [6.45, 7) is 8.46. The van der Waals surface area contributed by atoms with Gasteiger partial charge >= 0.3 is 0 Å². The van der Waals surface area contributed by atoms with Gasteiger partial charge in [-0.1, -0.05) is 38.6 Å². The minimum absolute atomic E-state index is 0.00986. The molecule has 4 nitrogen and oxygen atoms in total. The first-order valence-corrected chi connectivity index (χ1v) is 7.89. The molecule has 22 heavy (non-hydrogen) atoms. The lowest BCUT2D eigenvalue weighted by atomic mass is 9.86. The van der Waals surface area contributed by atoms with Crippen molar-refractivity contribution in [3.05, 3.63) is 47.5 Å². The van der Waals surface area contributed by atoms with Gasteiger partial charge in [0.25, 0.3) is 0 Å². The maximum atomic E-state index is 11.5. The lowest BCUT2D eigenvalue weighted by molar-refractivity contribution is -0.116. The molecule has 0 bridgehead atoms. The van der Waals surface area contributed by atoms with Crippen LogP contribution in [0.3, 0.4) is 0 Å². The fourth-order valence-electron chi connectivity index (χ4n) is 2.67. The normalized spacial score (nSPS) is 13.5. The molecule has 0 spiro atoms. The Kier molecular flexibility index (Phi) is 7.85. The molecule has 0 aliphatic heterocycles. The van der Waals surface area contributed by atoms with Gasteiger partial charge in [0.15, 0.2) is 0 Å². The molecule has 1 aromatic rings. The lowest BCUT2D eigenvalue weighted by Gasteiger charge is -2.26. The maximum Gasteiger partial charge on any atom is 0.243 e. The Hall–Kier alpha value is -1.65. The van der Waals surface area contributed by atoms with Crippen LogP contribution in [0.15, 0.2) is 30.9 Å². The fraction of sp³-hybridized carbons (Fsp3) is 0.500. The molecule has 0 heterocycles. The number of carbonyl (C=O) groups excluding carboxylic acids is 1. The van der Waals surface area contributed by atoms with Crippen molar-refractivity contribution in [3.63, 3.8) is 0 Å². The number of likely N-dealkylation sites (N-methyl/N-ethyl adjacent to an activating group) is 1. The second kappa shape index (κ2) is 9.38. The topological polar surface area (TPSA) is 61.4 Å². The van der Waals surface area contributed by atoms with E-state index in [1.165, 1.54) is 17.2 Å². The van der Waals surface area contributed by atoms with Crippen molar-refractivity contribution in [1.82, 2.24) is 10.6 Å². The Morgan fingerprint density at radius 3 is 2.73 bits per heavy atom. The first-order chi connectivity index (χ1) is 10.6. The average Bonchev–Trinajstić information content (AvgIpc) is 2.55. The van der Waals surface area contributed by atoms with Crippen LogP contribution in [0.25, 0.3) is 0 Å². The van der Waals surface area contributed by atoms with E-state index in [4.69, 9.17) is 0 Å². The molecule has 2 unspecified atom stereocenters. The molecule has 0 radical (unpaired) electrons. The molecular formula is C18H28N2O2. The number of amides is 1. The van der Waals surface area contributed by atoms with Crippen LogP contribution >= 0.6 is 0 Å². The molecule has 1 amide bonds. The van der Waals surface area contributed by atoms with Crippen LogP contribution in [-0.2, 0) is 11.2 Å². The Morgan fingerprint density at radius 2 is 2.18 bits per heavy atom. The van der Waals surface area contributed by atoms with Crippen LogP contribution in [-0.4, -0.2) is 31.2 Å². The molecule has 0 aliphatic carbocycles. The van der Waals surface area contributed by atoms with Gasteiger partial charge in [0.05, 0.1) is 0 Å². The van der Waals surface area contributed by atoms with Gasteiger partial charge in [-0.2, -0.15) is 0 Å². The Morgan fingerprint density at radius 1 is 1.45 bits per heavy atom. The second-order valence-corrected chi connectivity index (χ2v) is 5.49. The van der Waals surface area contributed by atoms with Gasteiger partial charge < -0.3 is 15.7 Å². The summed E-state index contributed by atoms with van der Waals surface area (Å²) in [5.74, 6) is 0.254. The highest BCUT2D eigenvalue weighted by Crippen LogP contribution is 2.30. The monoisotopic (exact) mass is 304 g/mol. The van der Waals surface area contributed by atoms with Crippen molar-refractivity contribution in [2.75, 3.05) is 20.2 Å². The van der Waals surface area contributed by atoms with E-state index in [-0.39, 0.29) is 18.6 Å². The number of benzene rings is 1. The molecule has 0 aromatic heterocycles. The summed E-state index contributed by atoms with van der Waals surface area (Å²) >= 11 is 0. The molecular weight excluding hydrogens is 276 g/mol. The largest absolute Gasteiger partial charge is 0.396 e. The van der Waals surface area contributed by atoms with Gasteiger partial charge in [0, 0.05) is 19.2 Å². The summed E-state index contributed by atoms with van der Waals surface area (Å²) < 4.78 is 0. The van der Waals surface area contributed by atoms with E-state index in [0.29, 0.717) is 18.9 Å². The number of aliphatic hydroxyl groups is 1. The van der Waals surface area contributed by atoms with E-state index in [2.05, 4.69) is 43.2 Å². The smallest absolute Gasteiger partial charge is 0.243 e. The van der Waals surface area contributed by atoms with Gasteiger partial charge in [-0.05, 0) is 48.6 Å². The SMILES string of the molecule is C=CC(=O)NCC(NC)c1c(CCO)cccc1C(C)CC. The quantitative estimate of drug-likeness (QED) is 0.614. The molecule has 0 saturated carbocycles. The van der Waals surface area contributed by atoms with Gasteiger partial charge in [-0.3, -0.25) is 4.79 Å². The first-order valence-electron chi connectivity index (χ1n) is 7.89. The van der Waals surface area contributed by atoms with Crippen LogP contribution in [0.5, 0.6) is 0 Å². The minimum atomic E-state index is -0.176. The van der Waals surface area contributed by atoms with Crippen molar-refractivity contribution >= 4 is 5.91 Å². The number of nitrogens with one attached hydrogen (secondary N) is 2. The van der Waals surface area contributed by atoms with E-state index in [1.807, 2.05) is 13.1 Å². The summed E-state index contributed by atoms with van der Waals surface area (Å²) in [6.07, 6.45) is 2.94. The van der Waals surface area contributed by atoms with Crippen LogP contribution in [0, 0.1) is 0 Å². The maximum absolute atomic E-state index is 11.5. The molecule has 0 saturated heterocycles. The zero-order valence-electron chi connectivity index (χ0n) is 13.9. The highest BCUT2D eigenvalue weighted by molar-refractivity contribution is 5.86. The third-order valence-electron chi connectivity index (χ3n) is 4.12. The third kappa shape index (κ3) is 4.68. The number of carbonyl (C=O) groups is 1. The number of hydrogen-bond acceptors (Lipinski definition) is 3. The lowest BCUT2D eigenvalue weighted by Crippen LogP contribution is -2.34. The molecule has 1 rings (SSSR count). The summed E-state index contributed by atoms with van der Waals surface area (Å²) in [5.41, 5.74) is 3.60. The van der Waals surface area contributed by atoms with Crippen LogP contribution in [0.2, 0.25) is 0 Å². The van der Waals surface area contributed by atoms with Crippen LogP contribution in [0.4, 0.5) is 0 Å². The number of rotatable bonds is 9. The molecule has 3 N–H and O–H groups in total. The van der Waals surface area contributed by atoms with Gasteiger partial charge in [0.2, 0.25) is 5.91 Å². The van der Waals surface area contributed by atoms with E-state index in [0.717, 1.165) is 12.0 Å². The zero-order chi connectivity index (χ0) is 16.5. The van der Waals surface area contributed by atoms with Crippen molar-refractivity contribution in [2.24, 2.45) is 0 Å². The van der Waals surface area contributed by atoms with Gasteiger partial charge in [0.1, 0.15) is 0 Å². The molecule has 122 valence electrons. The van der Waals surface area contributed by atoms with Gasteiger partial charge in [-0.15, -0.1) is 0 Å². The molecule has 0 fully saturated rings. The standard InChI is InChI=1S/C18H28N2O2/c1-5-13(3)15-9-7-8-14(10-11-21)18(15)16(19-4)12-20-17(22)6-2/h6-9,13,16,19,21H,2,5,10-12H2,1,3-4H3,(H,20,22). The van der Waals surface area contributed by atoms with Crippen molar-refractivity contribution < 1.29 is 9.90 Å². The number of hydrogen-bond donors (Lipinski definition) is 3. The zero-order valence-corrected chi connectivity index (χ0v) is 13.9. The molecule has 2 atom stereocenters. The van der Waals surface area contributed by atoms with Crippen molar-refractivity contribution in [3.8, 4) is 0 Å². The fourth-order valence-corrected chi connectivity index (χ4v) is 2.67. The van der Waals surface area contributed by atoms with Crippen molar-refractivity contribution in [1.29, 1.82) is 0 Å². The van der Waals surface area contributed by atoms with Crippen molar-refractivity contribution in [2.45, 2.75) is 38.6 Å². The van der Waals surface area contributed by atoms with Crippen LogP contribution in [0.1, 0.15) is 48.9 Å². The molecule has 0 aliphatic rings. The summed E-state index contributed by atoms with van der Waals surface area (Å²) in [6, 6.07) is 6.25. The van der Waals surface area contributed by atoms with Gasteiger partial charge in [-0.25, -0.2) is 0 Å². The highest BCUT2D eigenvalue weighted by Gasteiger charge is 2.20. The van der Waals surface area contributed by atoms with E-state index in [1.54, 1.807) is 0 Å². The Bertz CT molecular complexity index is 500. The van der Waals surface area contributed by atoms with E-state index < -0.39 is 0 Å². The predicted molar refractivity (Wildman–Crippen MR) is 90.9 cm³/mol.